The number of imidazole rings is 1. The molecule has 2 aromatic heterocycles. The van der Waals surface area contributed by atoms with Crippen molar-refractivity contribution in [2.45, 2.75) is 13.5 Å². The van der Waals surface area contributed by atoms with Crippen LogP contribution in [0.15, 0.2) is 24.5 Å². The minimum atomic E-state index is 0.653. The Morgan fingerprint density at radius 1 is 1.44 bits per heavy atom. The van der Waals surface area contributed by atoms with Gasteiger partial charge in [-0.2, -0.15) is 0 Å². The molecule has 0 amide bonds. The van der Waals surface area contributed by atoms with Gasteiger partial charge in [0, 0.05) is 19.4 Å². The van der Waals surface area contributed by atoms with Crippen LogP contribution in [-0.4, -0.2) is 14.5 Å². The molecular weight excluding hydrogens is 202 g/mol. The van der Waals surface area contributed by atoms with Crippen molar-refractivity contribution in [3.8, 4) is 0 Å². The van der Waals surface area contributed by atoms with E-state index in [9.17, 15) is 0 Å². The fourth-order valence-electron chi connectivity index (χ4n) is 1.41. The summed E-state index contributed by atoms with van der Waals surface area (Å²) in [6, 6.07) is 3.72. The molecule has 2 aromatic rings. The van der Waals surface area contributed by atoms with Crippen molar-refractivity contribution >= 4 is 11.5 Å². The minimum Gasteiger partial charge on any atom is -0.397 e. The van der Waals surface area contributed by atoms with E-state index in [-0.39, 0.29) is 0 Å². The third kappa shape index (κ3) is 2.13. The predicted octanol–water partition coefficient (Wildman–Crippen LogP) is 1.32. The van der Waals surface area contributed by atoms with Crippen molar-refractivity contribution in [2.24, 2.45) is 7.05 Å². The maximum atomic E-state index is 5.70. The summed E-state index contributed by atoms with van der Waals surface area (Å²) in [5.41, 5.74) is 7.25. The van der Waals surface area contributed by atoms with Gasteiger partial charge in [0.1, 0.15) is 11.6 Å². The molecule has 0 atom stereocenters. The Kier molecular flexibility index (Phi) is 2.76. The predicted molar refractivity (Wildman–Crippen MR) is 63.9 cm³/mol. The van der Waals surface area contributed by atoms with Gasteiger partial charge in [0.2, 0.25) is 0 Å². The molecule has 2 rings (SSSR count). The van der Waals surface area contributed by atoms with Crippen LogP contribution in [0.5, 0.6) is 0 Å². The SMILES string of the molecule is Cc1nc(NCc2nccn2C)ccc1N. The van der Waals surface area contributed by atoms with Crippen LogP contribution in [0.1, 0.15) is 11.5 Å². The Morgan fingerprint density at radius 3 is 2.88 bits per heavy atom. The zero-order chi connectivity index (χ0) is 11.5. The Labute approximate surface area is 94.3 Å². The van der Waals surface area contributed by atoms with Crippen LogP contribution in [0.4, 0.5) is 11.5 Å². The van der Waals surface area contributed by atoms with Gasteiger partial charge in [0.05, 0.1) is 17.9 Å². The van der Waals surface area contributed by atoms with E-state index < -0.39 is 0 Å². The highest BCUT2D eigenvalue weighted by Crippen LogP contribution is 2.12. The van der Waals surface area contributed by atoms with E-state index in [4.69, 9.17) is 5.73 Å². The Bertz CT molecular complexity index is 489. The van der Waals surface area contributed by atoms with Crippen molar-refractivity contribution in [3.05, 3.63) is 36.0 Å². The highest BCUT2D eigenvalue weighted by Gasteiger charge is 2.01. The van der Waals surface area contributed by atoms with E-state index in [2.05, 4.69) is 15.3 Å². The third-order valence-electron chi connectivity index (χ3n) is 2.48. The molecule has 0 spiro atoms. The van der Waals surface area contributed by atoms with Crippen LogP contribution >= 0.6 is 0 Å². The number of hydrogen-bond acceptors (Lipinski definition) is 4. The lowest BCUT2D eigenvalue weighted by Gasteiger charge is -2.07. The molecular formula is C11H15N5. The first-order valence-electron chi connectivity index (χ1n) is 5.10. The first kappa shape index (κ1) is 10.5. The molecule has 2 heterocycles. The molecule has 84 valence electrons. The van der Waals surface area contributed by atoms with E-state index in [1.54, 1.807) is 6.20 Å². The third-order valence-corrected chi connectivity index (χ3v) is 2.48. The van der Waals surface area contributed by atoms with Crippen molar-refractivity contribution < 1.29 is 0 Å². The Morgan fingerprint density at radius 2 is 2.25 bits per heavy atom. The Hall–Kier alpha value is -2.04. The van der Waals surface area contributed by atoms with Gasteiger partial charge >= 0.3 is 0 Å². The number of rotatable bonds is 3. The molecule has 5 nitrogen and oxygen atoms in total. The second kappa shape index (κ2) is 4.22. The quantitative estimate of drug-likeness (QED) is 0.813. The van der Waals surface area contributed by atoms with Crippen molar-refractivity contribution in [2.75, 3.05) is 11.1 Å². The zero-order valence-corrected chi connectivity index (χ0v) is 9.44. The van der Waals surface area contributed by atoms with Gasteiger partial charge in [0.15, 0.2) is 0 Å². The second-order valence-electron chi connectivity index (χ2n) is 3.68. The molecule has 0 saturated carbocycles. The number of anilines is 2. The Balaban J connectivity index is 2.05. The number of nitrogen functional groups attached to an aromatic ring is 1. The average Bonchev–Trinajstić information content (AvgIpc) is 2.66. The van der Waals surface area contributed by atoms with Crippen molar-refractivity contribution in [1.29, 1.82) is 0 Å². The molecule has 0 saturated heterocycles. The van der Waals surface area contributed by atoms with E-state index in [1.807, 2.05) is 36.9 Å². The monoisotopic (exact) mass is 217 g/mol. The minimum absolute atomic E-state index is 0.653. The van der Waals surface area contributed by atoms with Crippen LogP contribution in [0, 0.1) is 6.92 Å². The summed E-state index contributed by atoms with van der Waals surface area (Å²) in [6.45, 7) is 2.54. The molecule has 0 aliphatic carbocycles. The van der Waals surface area contributed by atoms with Crippen LogP contribution in [-0.2, 0) is 13.6 Å². The number of nitrogens with two attached hydrogens (primary N) is 1. The highest BCUT2D eigenvalue weighted by molar-refractivity contribution is 5.48. The fraction of sp³-hybridized carbons (Fsp3) is 0.273. The lowest BCUT2D eigenvalue weighted by atomic mass is 10.3. The number of pyridine rings is 1. The van der Waals surface area contributed by atoms with Gasteiger partial charge in [-0.1, -0.05) is 0 Å². The largest absolute Gasteiger partial charge is 0.397 e. The molecule has 0 radical (unpaired) electrons. The number of aryl methyl sites for hydroxylation is 2. The summed E-state index contributed by atoms with van der Waals surface area (Å²) in [4.78, 5) is 8.55. The smallest absolute Gasteiger partial charge is 0.127 e. The summed E-state index contributed by atoms with van der Waals surface area (Å²) in [5.74, 6) is 1.78. The number of nitrogens with one attached hydrogen (secondary N) is 1. The van der Waals surface area contributed by atoms with Gasteiger partial charge in [-0.05, 0) is 19.1 Å². The summed E-state index contributed by atoms with van der Waals surface area (Å²) in [6.07, 6.45) is 3.69. The maximum Gasteiger partial charge on any atom is 0.127 e. The van der Waals surface area contributed by atoms with E-state index in [1.165, 1.54) is 0 Å². The molecule has 0 bridgehead atoms. The van der Waals surface area contributed by atoms with Crippen LogP contribution in [0.25, 0.3) is 0 Å². The van der Waals surface area contributed by atoms with Crippen LogP contribution in [0.2, 0.25) is 0 Å². The lowest BCUT2D eigenvalue weighted by Crippen LogP contribution is -2.07. The van der Waals surface area contributed by atoms with E-state index in [0.717, 1.165) is 17.3 Å². The molecule has 0 aliphatic heterocycles. The van der Waals surface area contributed by atoms with Crippen molar-refractivity contribution in [3.63, 3.8) is 0 Å². The molecule has 0 unspecified atom stereocenters. The van der Waals surface area contributed by atoms with Crippen LogP contribution in [0.3, 0.4) is 0 Å². The van der Waals surface area contributed by atoms with Crippen LogP contribution < -0.4 is 11.1 Å². The van der Waals surface area contributed by atoms with Gasteiger partial charge < -0.3 is 15.6 Å². The first-order chi connectivity index (χ1) is 7.66. The topological polar surface area (TPSA) is 68.8 Å². The molecule has 0 aromatic carbocycles. The second-order valence-corrected chi connectivity index (χ2v) is 3.68. The van der Waals surface area contributed by atoms with Crippen molar-refractivity contribution in [1.82, 2.24) is 14.5 Å². The fourth-order valence-corrected chi connectivity index (χ4v) is 1.41. The highest BCUT2D eigenvalue weighted by atomic mass is 15.1. The summed E-state index contributed by atoms with van der Waals surface area (Å²) >= 11 is 0. The average molecular weight is 217 g/mol. The maximum absolute atomic E-state index is 5.70. The van der Waals surface area contributed by atoms with E-state index in [0.29, 0.717) is 12.2 Å². The normalized spacial score (nSPS) is 10.4. The lowest BCUT2D eigenvalue weighted by molar-refractivity contribution is 0.810. The first-order valence-corrected chi connectivity index (χ1v) is 5.10. The summed E-state index contributed by atoms with van der Waals surface area (Å²) < 4.78 is 1.97. The number of nitrogens with zero attached hydrogens (tertiary/aromatic N) is 3. The summed E-state index contributed by atoms with van der Waals surface area (Å²) in [5, 5.41) is 3.21. The molecule has 5 heteroatoms. The zero-order valence-electron chi connectivity index (χ0n) is 9.44. The molecule has 0 fully saturated rings. The summed E-state index contributed by atoms with van der Waals surface area (Å²) in [7, 11) is 1.96. The van der Waals surface area contributed by atoms with Gasteiger partial charge in [-0.25, -0.2) is 9.97 Å². The molecule has 3 N–H and O–H groups in total. The molecule has 0 aliphatic rings. The van der Waals surface area contributed by atoms with E-state index >= 15 is 0 Å². The van der Waals surface area contributed by atoms with Gasteiger partial charge in [-0.15, -0.1) is 0 Å². The van der Waals surface area contributed by atoms with Gasteiger partial charge in [0.25, 0.3) is 0 Å². The standard InChI is InChI=1S/C11H15N5/c1-8-9(12)3-4-10(15-8)14-7-11-13-5-6-16(11)2/h3-6H,7,12H2,1-2H3,(H,14,15). The number of aromatic nitrogens is 3. The number of hydrogen-bond donors (Lipinski definition) is 2. The van der Waals surface area contributed by atoms with Gasteiger partial charge in [-0.3, -0.25) is 0 Å². The molecule has 16 heavy (non-hydrogen) atoms.